The molecule has 0 radical (unpaired) electrons. The Hall–Kier alpha value is -1.37. The summed E-state index contributed by atoms with van der Waals surface area (Å²) >= 11 is 1.30. The minimum absolute atomic E-state index is 0.423. The van der Waals surface area contributed by atoms with Gasteiger partial charge in [-0.15, -0.1) is 0 Å². The number of aryl methyl sites for hydroxylation is 1. The number of ether oxygens (including phenoxy) is 1. The maximum absolute atomic E-state index is 11.7. The van der Waals surface area contributed by atoms with Crippen LogP contribution in [0.2, 0.25) is 0 Å². The standard InChI is InChI=1S/C12H22N4O2S/c1-8-14-9(19-16-8)13-7-12(5,6)15-10(17)18-11(2,3)4/h7H2,1-6H3,(H,15,17)(H,13,14,16). The van der Waals surface area contributed by atoms with Gasteiger partial charge in [-0.25, -0.2) is 9.78 Å². The number of amides is 1. The van der Waals surface area contributed by atoms with E-state index in [1.54, 1.807) is 0 Å². The number of hydrogen-bond donors (Lipinski definition) is 2. The molecule has 0 aliphatic rings. The van der Waals surface area contributed by atoms with Crippen LogP contribution < -0.4 is 10.6 Å². The number of carbonyl (C=O) groups excluding carboxylic acids is 1. The van der Waals surface area contributed by atoms with E-state index in [9.17, 15) is 4.79 Å². The molecule has 0 spiro atoms. The Labute approximate surface area is 118 Å². The molecule has 1 rings (SSSR count). The second-order valence-corrected chi connectivity index (χ2v) is 6.76. The zero-order valence-corrected chi connectivity index (χ0v) is 13.1. The van der Waals surface area contributed by atoms with Gasteiger partial charge in [0.1, 0.15) is 11.4 Å². The van der Waals surface area contributed by atoms with Crippen LogP contribution in [-0.2, 0) is 4.74 Å². The molecule has 1 aromatic heterocycles. The van der Waals surface area contributed by atoms with Gasteiger partial charge in [-0.3, -0.25) is 0 Å². The van der Waals surface area contributed by atoms with Crippen LogP contribution >= 0.6 is 11.5 Å². The third-order valence-corrected chi connectivity index (χ3v) is 2.81. The maximum Gasteiger partial charge on any atom is 0.408 e. The van der Waals surface area contributed by atoms with Crippen molar-refractivity contribution in [1.29, 1.82) is 0 Å². The Morgan fingerprint density at radius 3 is 2.42 bits per heavy atom. The van der Waals surface area contributed by atoms with E-state index in [-0.39, 0.29) is 0 Å². The van der Waals surface area contributed by atoms with Crippen molar-refractivity contribution in [3.8, 4) is 0 Å². The lowest BCUT2D eigenvalue weighted by Crippen LogP contribution is -2.49. The Bertz CT molecular complexity index is 437. The first-order valence-electron chi connectivity index (χ1n) is 6.13. The highest BCUT2D eigenvalue weighted by atomic mass is 32.1. The Kier molecular flexibility index (Phi) is 4.73. The molecular formula is C12H22N4O2S. The average molecular weight is 286 g/mol. The van der Waals surface area contributed by atoms with E-state index < -0.39 is 17.2 Å². The fraction of sp³-hybridized carbons (Fsp3) is 0.750. The topological polar surface area (TPSA) is 76.1 Å². The summed E-state index contributed by atoms with van der Waals surface area (Å²) in [6.07, 6.45) is -0.423. The summed E-state index contributed by atoms with van der Waals surface area (Å²) in [6.45, 7) is 11.7. The fourth-order valence-electron chi connectivity index (χ4n) is 1.29. The van der Waals surface area contributed by atoms with Gasteiger partial charge in [-0.05, 0) is 41.5 Å². The van der Waals surface area contributed by atoms with Crippen LogP contribution in [-0.4, -0.2) is 33.1 Å². The number of nitrogens with zero attached hydrogens (tertiary/aromatic N) is 2. The zero-order chi connectivity index (χ0) is 14.7. The van der Waals surface area contributed by atoms with Gasteiger partial charge in [-0.2, -0.15) is 4.37 Å². The predicted octanol–water partition coefficient (Wildman–Crippen LogP) is 2.56. The summed E-state index contributed by atoms with van der Waals surface area (Å²) in [5.41, 5.74) is -0.939. The molecule has 1 amide bonds. The molecule has 1 aromatic rings. The summed E-state index contributed by atoms with van der Waals surface area (Å²) in [5.74, 6) is 0.741. The first kappa shape index (κ1) is 15.7. The molecule has 108 valence electrons. The average Bonchev–Trinajstić information content (AvgIpc) is 2.57. The lowest BCUT2D eigenvalue weighted by Gasteiger charge is -2.28. The van der Waals surface area contributed by atoms with Crippen molar-refractivity contribution in [3.05, 3.63) is 5.82 Å². The van der Waals surface area contributed by atoms with Crippen LogP contribution in [0, 0.1) is 6.92 Å². The van der Waals surface area contributed by atoms with Gasteiger partial charge in [0.05, 0.1) is 5.54 Å². The van der Waals surface area contributed by atoms with Crippen molar-refractivity contribution in [2.24, 2.45) is 0 Å². The molecule has 1 heterocycles. The van der Waals surface area contributed by atoms with Crippen LogP contribution in [0.5, 0.6) is 0 Å². The molecule has 19 heavy (non-hydrogen) atoms. The quantitative estimate of drug-likeness (QED) is 0.889. The normalized spacial score (nSPS) is 12.1. The zero-order valence-electron chi connectivity index (χ0n) is 12.3. The lowest BCUT2D eigenvalue weighted by atomic mass is 10.1. The van der Waals surface area contributed by atoms with Crippen molar-refractivity contribution in [3.63, 3.8) is 0 Å². The van der Waals surface area contributed by atoms with Crippen LogP contribution in [0.25, 0.3) is 0 Å². The molecule has 0 aliphatic heterocycles. The first-order valence-corrected chi connectivity index (χ1v) is 6.90. The summed E-state index contributed by atoms with van der Waals surface area (Å²) in [4.78, 5) is 15.9. The maximum atomic E-state index is 11.7. The Morgan fingerprint density at radius 1 is 1.32 bits per heavy atom. The number of hydrogen-bond acceptors (Lipinski definition) is 6. The molecule has 0 saturated heterocycles. The monoisotopic (exact) mass is 286 g/mol. The highest BCUT2D eigenvalue weighted by Gasteiger charge is 2.24. The summed E-state index contributed by atoms with van der Waals surface area (Å²) < 4.78 is 9.31. The van der Waals surface area contributed by atoms with Crippen LogP contribution in [0.1, 0.15) is 40.4 Å². The number of carbonyl (C=O) groups is 1. The lowest BCUT2D eigenvalue weighted by molar-refractivity contribution is 0.0478. The van der Waals surface area contributed by atoms with E-state index in [4.69, 9.17) is 4.74 Å². The molecule has 2 N–H and O–H groups in total. The number of rotatable bonds is 4. The Balaban J connectivity index is 2.45. The van der Waals surface area contributed by atoms with Crippen LogP contribution in [0.3, 0.4) is 0 Å². The largest absolute Gasteiger partial charge is 0.444 e. The Morgan fingerprint density at radius 2 is 1.95 bits per heavy atom. The van der Waals surface area contributed by atoms with Crippen molar-refractivity contribution >= 4 is 22.8 Å². The minimum atomic E-state index is -0.496. The molecule has 0 atom stereocenters. The van der Waals surface area contributed by atoms with Gasteiger partial charge in [-0.1, -0.05) is 0 Å². The predicted molar refractivity (Wildman–Crippen MR) is 76.6 cm³/mol. The van der Waals surface area contributed by atoms with E-state index in [1.165, 1.54) is 11.5 Å². The molecule has 7 heteroatoms. The third-order valence-electron chi connectivity index (χ3n) is 2.05. The fourth-order valence-corrected chi connectivity index (χ4v) is 1.86. The van der Waals surface area contributed by atoms with E-state index in [0.717, 1.165) is 11.0 Å². The van der Waals surface area contributed by atoms with Crippen LogP contribution in [0.15, 0.2) is 0 Å². The van der Waals surface area contributed by atoms with Crippen molar-refractivity contribution < 1.29 is 9.53 Å². The number of alkyl carbamates (subject to hydrolysis) is 1. The van der Waals surface area contributed by atoms with Gasteiger partial charge in [0.15, 0.2) is 0 Å². The molecule has 0 fully saturated rings. The number of anilines is 1. The summed E-state index contributed by atoms with van der Waals surface area (Å²) in [5, 5.41) is 6.72. The second kappa shape index (κ2) is 5.73. The smallest absolute Gasteiger partial charge is 0.408 e. The van der Waals surface area contributed by atoms with E-state index >= 15 is 0 Å². The highest BCUT2D eigenvalue weighted by Crippen LogP contribution is 2.13. The van der Waals surface area contributed by atoms with Crippen molar-refractivity contribution in [1.82, 2.24) is 14.7 Å². The van der Waals surface area contributed by atoms with Gasteiger partial charge in [0.25, 0.3) is 0 Å². The molecule has 0 aliphatic carbocycles. The number of nitrogens with one attached hydrogen (secondary N) is 2. The van der Waals surface area contributed by atoms with Crippen LogP contribution in [0.4, 0.5) is 9.93 Å². The second-order valence-electron chi connectivity index (χ2n) is 6.01. The van der Waals surface area contributed by atoms with Gasteiger partial charge >= 0.3 is 6.09 Å². The highest BCUT2D eigenvalue weighted by molar-refractivity contribution is 7.09. The van der Waals surface area contributed by atoms with Crippen molar-refractivity contribution in [2.45, 2.75) is 52.7 Å². The molecule has 0 saturated carbocycles. The number of aromatic nitrogens is 2. The third kappa shape index (κ3) is 6.37. The summed E-state index contributed by atoms with van der Waals surface area (Å²) in [6, 6.07) is 0. The SMILES string of the molecule is Cc1nsc(NCC(C)(C)NC(=O)OC(C)(C)C)n1. The van der Waals surface area contributed by atoms with E-state index in [1.807, 2.05) is 41.5 Å². The first-order chi connectivity index (χ1) is 8.57. The van der Waals surface area contributed by atoms with Gasteiger partial charge < -0.3 is 15.4 Å². The molecule has 0 bridgehead atoms. The van der Waals surface area contributed by atoms with Gasteiger partial charge in [0, 0.05) is 18.1 Å². The van der Waals surface area contributed by atoms with Gasteiger partial charge in [0.2, 0.25) is 5.13 Å². The van der Waals surface area contributed by atoms with E-state index in [0.29, 0.717) is 6.54 Å². The molecular weight excluding hydrogens is 264 g/mol. The molecule has 0 unspecified atom stereocenters. The molecule has 6 nitrogen and oxygen atoms in total. The molecule has 0 aromatic carbocycles. The van der Waals surface area contributed by atoms with E-state index in [2.05, 4.69) is 20.0 Å². The summed E-state index contributed by atoms with van der Waals surface area (Å²) in [7, 11) is 0. The minimum Gasteiger partial charge on any atom is -0.444 e. The van der Waals surface area contributed by atoms with Crippen molar-refractivity contribution in [2.75, 3.05) is 11.9 Å².